The first-order valence-corrected chi connectivity index (χ1v) is 11.7. The fourth-order valence-electron chi connectivity index (χ4n) is 4.04. The summed E-state index contributed by atoms with van der Waals surface area (Å²) in [7, 11) is 0. The van der Waals surface area contributed by atoms with Crippen LogP contribution in [0.2, 0.25) is 0 Å². The molecule has 0 bridgehead atoms. The molecule has 0 saturated heterocycles. The summed E-state index contributed by atoms with van der Waals surface area (Å²) in [6.07, 6.45) is -1.13. The second-order valence-corrected chi connectivity index (χ2v) is 9.31. The van der Waals surface area contributed by atoms with Gasteiger partial charge in [0.1, 0.15) is 12.6 Å². The number of hydrogen-bond acceptors (Lipinski definition) is 6. The molecule has 1 atom stereocenters. The average Bonchev–Trinajstić information content (AvgIpc) is 3.30. The Morgan fingerprint density at radius 1 is 1.06 bits per heavy atom. The Morgan fingerprint density at radius 2 is 1.68 bits per heavy atom. The maximum absolute atomic E-state index is 12.8. The maximum atomic E-state index is 12.8. The number of aryl methyl sites for hydroxylation is 2. The Kier molecular flexibility index (Phi) is 6.93. The van der Waals surface area contributed by atoms with Gasteiger partial charge < -0.3 is 20.5 Å². The van der Waals surface area contributed by atoms with Crippen LogP contribution < -0.4 is 10.6 Å². The topological polar surface area (TPSA) is 118 Å². The van der Waals surface area contributed by atoms with Gasteiger partial charge in [0, 0.05) is 17.2 Å². The van der Waals surface area contributed by atoms with Gasteiger partial charge in [-0.3, -0.25) is 9.59 Å². The number of aliphatic carboxylic acids is 1. The molecule has 0 saturated carbocycles. The van der Waals surface area contributed by atoms with Crippen molar-refractivity contribution < 1.29 is 24.2 Å². The van der Waals surface area contributed by atoms with Crippen molar-refractivity contribution in [2.75, 3.05) is 11.9 Å². The maximum Gasteiger partial charge on any atom is 0.407 e. The minimum atomic E-state index is -1.07. The van der Waals surface area contributed by atoms with Crippen LogP contribution in [0, 0.1) is 13.8 Å². The number of nitrogens with zero attached hydrogens (tertiary/aromatic N) is 1. The van der Waals surface area contributed by atoms with Crippen LogP contribution in [-0.4, -0.2) is 40.7 Å². The van der Waals surface area contributed by atoms with E-state index in [2.05, 4.69) is 15.6 Å². The van der Waals surface area contributed by atoms with Crippen molar-refractivity contribution in [1.29, 1.82) is 0 Å². The van der Waals surface area contributed by atoms with Crippen LogP contribution in [0.5, 0.6) is 0 Å². The lowest BCUT2D eigenvalue weighted by molar-refractivity contribution is -0.137. The van der Waals surface area contributed by atoms with Crippen LogP contribution in [0.1, 0.15) is 40.5 Å². The van der Waals surface area contributed by atoms with Crippen molar-refractivity contribution in [3.63, 3.8) is 0 Å². The lowest BCUT2D eigenvalue weighted by Crippen LogP contribution is -2.44. The number of carboxylic acids is 1. The van der Waals surface area contributed by atoms with Crippen LogP contribution in [0.15, 0.2) is 48.5 Å². The van der Waals surface area contributed by atoms with Crippen LogP contribution in [-0.2, 0) is 14.3 Å². The number of carbonyl (C=O) groups excluding carboxylic acids is 2. The Labute approximate surface area is 201 Å². The van der Waals surface area contributed by atoms with Gasteiger partial charge in [-0.05, 0) is 42.5 Å². The Morgan fingerprint density at radius 3 is 2.24 bits per heavy atom. The second kappa shape index (κ2) is 10.0. The van der Waals surface area contributed by atoms with E-state index in [1.807, 2.05) is 62.4 Å². The molecule has 0 radical (unpaired) electrons. The fraction of sp³-hybridized carbons (Fsp3) is 0.280. The van der Waals surface area contributed by atoms with Crippen molar-refractivity contribution in [3.8, 4) is 11.1 Å². The molecule has 2 amide bonds. The van der Waals surface area contributed by atoms with Gasteiger partial charge in [-0.2, -0.15) is 0 Å². The van der Waals surface area contributed by atoms with E-state index in [9.17, 15) is 14.4 Å². The van der Waals surface area contributed by atoms with Crippen molar-refractivity contribution >= 4 is 34.4 Å². The summed E-state index contributed by atoms with van der Waals surface area (Å²) in [6.45, 7) is 3.82. The van der Waals surface area contributed by atoms with Crippen molar-refractivity contribution in [3.05, 3.63) is 70.2 Å². The largest absolute Gasteiger partial charge is 0.481 e. The van der Waals surface area contributed by atoms with Gasteiger partial charge in [0.05, 0.1) is 5.69 Å². The fourth-order valence-corrected chi connectivity index (χ4v) is 4.86. The van der Waals surface area contributed by atoms with Gasteiger partial charge in [0.25, 0.3) is 0 Å². The van der Waals surface area contributed by atoms with Crippen molar-refractivity contribution in [1.82, 2.24) is 10.3 Å². The highest BCUT2D eigenvalue weighted by Gasteiger charge is 2.30. The van der Waals surface area contributed by atoms with E-state index in [4.69, 9.17) is 9.84 Å². The molecule has 8 nitrogen and oxygen atoms in total. The SMILES string of the molecule is Cc1nc(NC(=O)C(CCC(=O)O)NC(=O)OCC2c3ccccc3-c3ccccc32)sc1C. The summed E-state index contributed by atoms with van der Waals surface area (Å²) in [5.74, 6) is -1.72. The first-order chi connectivity index (χ1) is 16.3. The minimum Gasteiger partial charge on any atom is -0.481 e. The molecule has 34 heavy (non-hydrogen) atoms. The molecule has 0 aliphatic heterocycles. The Balaban J connectivity index is 1.42. The lowest BCUT2D eigenvalue weighted by Gasteiger charge is -2.19. The highest BCUT2D eigenvalue weighted by Crippen LogP contribution is 2.44. The van der Waals surface area contributed by atoms with Gasteiger partial charge in [0.2, 0.25) is 5.91 Å². The number of ether oxygens (including phenoxy) is 1. The Hall–Kier alpha value is -3.72. The lowest BCUT2D eigenvalue weighted by atomic mass is 9.98. The number of benzene rings is 2. The molecule has 1 aliphatic carbocycles. The number of nitrogens with one attached hydrogen (secondary N) is 2. The minimum absolute atomic E-state index is 0.0747. The van der Waals surface area contributed by atoms with Crippen LogP contribution in [0.3, 0.4) is 0 Å². The zero-order valence-corrected chi connectivity index (χ0v) is 19.6. The summed E-state index contributed by atoms with van der Waals surface area (Å²) in [5.41, 5.74) is 5.17. The molecule has 2 aromatic carbocycles. The van der Waals surface area contributed by atoms with E-state index < -0.39 is 24.0 Å². The smallest absolute Gasteiger partial charge is 0.407 e. The molecule has 0 spiro atoms. The third kappa shape index (κ3) is 5.09. The van der Waals surface area contributed by atoms with Crippen LogP contribution >= 0.6 is 11.3 Å². The summed E-state index contributed by atoms with van der Waals surface area (Å²) >= 11 is 1.31. The quantitative estimate of drug-likeness (QED) is 0.439. The van der Waals surface area contributed by atoms with Crippen LogP contribution in [0.25, 0.3) is 11.1 Å². The molecule has 3 aromatic rings. The molecular weight excluding hydrogens is 454 g/mol. The van der Waals surface area contributed by atoms with Gasteiger partial charge in [0.15, 0.2) is 5.13 Å². The number of amides is 2. The van der Waals surface area contributed by atoms with E-state index in [-0.39, 0.29) is 25.4 Å². The van der Waals surface area contributed by atoms with Crippen molar-refractivity contribution in [2.24, 2.45) is 0 Å². The van der Waals surface area contributed by atoms with E-state index >= 15 is 0 Å². The zero-order valence-electron chi connectivity index (χ0n) is 18.8. The molecule has 1 unspecified atom stereocenters. The number of carbonyl (C=O) groups is 3. The summed E-state index contributed by atoms with van der Waals surface area (Å²) in [4.78, 5) is 41.7. The third-order valence-electron chi connectivity index (χ3n) is 5.86. The number of alkyl carbamates (subject to hydrolysis) is 1. The first kappa shape index (κ1) is 23.4. The van der Waals surface area contributed by atoms with Crippen LogP contribution in [0.4, 0.5) is 9.93 Å². The summed E-state index contributed by atoms with van der Waals surface area (Å²) in [5, 5.41) is 14.6. The molecule has 176 valence electrons. The highest BCUT2D eigenvalue weighted by molar-refractivity contribution is 7.15. The number of rotatable bonds is 8. The van der Waals surface area contributed by atoms with Gasteiger partial charge in [-0.25, -0.2) is 9.78 Å². The van der Waals surface area contributed by atoms with E-state index in [0.29, 0.717) is 5.13 Å². The Bertz CT molecular complexity index is 1170. The van der Waals surface area contributed by atoms with Gasteiger partial charge in [-0.15, -0.1) is 11.3 Å². The number of hydrogen-bond donors (Lipinski definition) is 3. The molecule has 1 aromatic heterocycles. The molecule has 1 heterocycles. The monoisotopic (exact) mass is 479 g/mol. The molecule has 9 heteroatoms. The zero-order chi connectivity index (χ0) is 24.2. The second-order valence-electron chi connectivity index (χ2n) is 8.10. The molecule has 4 rings (SSSR count). The van der Waals surface area contributed by atoms with E-state index in [1.165, 1.54) is 11.3 Å². The number of anilines is 1. The number of carboxylic acid groups (broad SMARTS) is 1. The first-order valence-electron chi connectivity index (χ1n) is 10.9. The molecule has 3 N–H and O–H groups in total. The molecule has 0 fully saturated rings. The summed E-state index contributed by atoms with van der Waals surface area (Å²) < 4.78 is 5.51. The van der Waals surface area contributed by atoms with Crippen molar-refractivity contribution in [2.45, 2.75) is 38.6 Å². The number of aromatic nitrogens is 1. The third-order valence-corrected chi connectivity index (χ3v) is 6.85. The van der Waals surface area contributed by atoms with Gasteiger partial charge in [-0.1, -0.05) is 48.5 Å². The normalized spacial score (nSPS) is 13.0. The van der Waals surface area contributed by atoms with E-state index in [0.717, 1.165) is 32.8 Å². The predicted molar refractivity (Wildman–Crippen MR) is 129 cm³/mol. The summed E-state index contributed by atoms with van der Waals surface area (Å²) in [6, 6.07) is 14.9. The average molecular weight is 480 g/mol. The molecular formula is C25H25N3O5S. The predicted octanol–water partition coefficient (Wildman–Crippen LogP) is 4.47. The van der Waals surface area contributed by atoms with Gasteiger partial charge >= 0.3 is 12.1 Å². The number of fused-ring (bicyclic) bond motifs is 3. The van der Waals surface area contributed by atoms with E-state index in [1.54, 1.807) is 0 Å². The number of thiazole rings is 1. The highest BCUT2D eigenvalue weighted by atomic mass is 32.1. The molecule has 1 aliphatic rings. The standard InChI is InChI=1S/C25H25N3O5S/c1-14-15(2)34-24(26-14)28-23(31)21(11-12-22(29)30)27-25(32)33-13-20-18-9-5-3-7-16(18)17-8-4-6-10-19(17)20/h3-10,20-21H,11-13H2,1-2H3,(H,27,32)(H,29,30)(H,26,28,31).